The fourth-order valence-corrected chi connectivity index (χ4v) is 2.89. The predicted octanol–water partition coefficient (Wildman–Crippen LogP) is 1.87. The highest BCUT2D eigenvalue weighted by atomic mass is 32.2. The fourth-order valence-electron chi connectivity index (χ4n) is 2.41. The van der Waals surface area contributed by atoms with Gasteiger partial charge in [-0.15, -0.1) is 0 Å². The van der Waals surface area contributed by atoms with E-state index in [1.165, 1.54) is 0 Å². The molecule has 22 heavy (non-hydrogen) atoms. The minimum atomic E-state index is -3.08. The van der Waals surface area contributed by atoms with Gasteiger partial charge in [-0.3, -0.25) is 4.79 Å². The molecule has 0 bridgehead atoms. The minimum absolute atomic E-state index is 0.0594. The van der Waals surface area contributed by atoms with Crippen molar-refractivity contribution in [1.82, 2.24) is 9.88 Å². The number of para-hydroxylation sites is 1. The zero-order valence-corrected chi connectivity index (χ0v) is 13.8. The summed E-state index contributed by atoms with van der Waals surface area (Å²) in [6.07, 6.45) is 1.15. The number of aromatic nitrogens is 1. The molecule has 1 aromatic heterocycles. The molecule has 0 spiro atoms. The number of nitrogens with zero attached hydrogens (tertiary/aromatic N) is 1. The van der Waals surface area contributed by atoms with Crippen molar-refractivity contribution in [3.05, 3.63) is 53.3 Å². The second-order valence-electron chi connectivity index (χ2n) is 5.34. The smallest absolute Gasteiger partial charge is 0.253 e. The zero-order valence-electron chi connectivity index (χ0n) is 13.0. The molecule has 0 fully saturated rings. The van der Waals surface area contributed by atoms with Gasteiger partial charge in [0.25, 0.3) is 5.91 Å². The van der Waals surface area contributed by atoms with Crippen LogP contribution in [0.5, 0.6) is 0 Å². The molecule has 0 radical (unpaired) electrons. The van der Waals surface area contributed by atoms with Crippen molar-refractivity contribution in [3.63, 3.8) is 0 Å². The second-order valence-corrected chi connectivity index (χ2v) is 7.60. The lowest BCUT2D eigenvalue weighted by atomic mass is 10.2. The number of nitrogens with one attached hydrogen (secondary N) is 1. The van der Waals surface area contributed by atoms with Crippen LogP contribution in [0.1, 0.15) is 21.7 Å². The van der Waals surface area contributed by atoms with Crippen LogP contribution in [0.2, 0.25) is 0 Å². The number of hydrogen-bond acceptors (Lipinski definition) is 3. The third-order valence-corrected chi connectivity index (χ3v) is 4.39. The Kier molecular flexibility index (Phi) is 4.71. The van der Waals surface area contributed by atoms with E-state index in [1.807, 2.05) is 54.8 Å². The van der Waals surface area contributed by atoms with Crippen LogP contribution in [0.15, 0.2) is 36.4 Å². The molecule has 1 heterocycles. The van der Waals surface area contributed by atoms with E-state index in [9.17, 15) is 13.2 Å². The number of amides is 1. The first-order chi connectivity index (χ1) is 10.3. The molecule has 1 N–H and O–H groups in total. The molecule has 0 saturated heterocycles. The van der Waals surface area contributed by atoms with Gasteiger partial charge in [0.05, 0.1) is 11.3 Å². The molecular weight excluding hydrogens is 300 g/mol. The Balaban J connectivity index is 2.21. The summed E-state index contributed by atoms with van der Waals surface area (Å²) in [6, 6.07) is 11.6. The third kappa shape index (κ3) is 3.76. The highest BCUT2D eigenvalue weighted by molar-refractivity contribution is 7.90. The maximum Gasteiger partial charge on any atom is 0.253 e. The topological polar surface area (TPSA) is 68.2 Å². The normalized spacial score (nSPS) is 11.4. The van der Waals surface area contributed by atoms with Gasteiger partial charge in [-0.25, -0.2) is 8.42 Å². The van der Waals surface area contributed by atoms with Crippen molar-refractivity contribution in [2.24, 2.45) is 0 Å². The molecule has 1 amide bonds. The van der Waals surface area contributed by atoms with E-state index < -0.39 is 9.84 Å². The molecule has 2 rings (SSSR count). The van der Waals surface area contributed by atoms with Crippen molar-refractivity contribution in [1.29, 1.82) is 0 Å². The van der Waals surface area contributed by atoms with Gasteiger partial charge < -0.3 is 9.88 Å². The Morgan fingerprint density at radius 1 is 1.18 bits per heavy atom. The summed E-state index contributed by atoms with van der Waals surface area (Å²) in [4.78, 5) is 12.2. The summed E-state index contributed by atoms with van der Waals surface area (Å²) in [5.74, 6) is -0.310. The fraction of sp³-hybridized carbons (Fsp3) is 0.312. The number of rotatable bonds is 5. The predicted molar refractivity (Wildman–Crippen MR) is 87.3 cm³/mol. The minimum Gasteiger partial charge on any atom is -0.351 e. The van der Waals surface area contributed by atoms with Crippen LogP contribution in [0, 0.1) is 13.8 Å². The highest BCUT2D eigenvalue weighted by Gasteiger charge is 2.16. The lowest BCUT2D eigenvalue weighted by molar-refractivity contribution is 0.0955. The molecule has 6 heteroatoms. The van der Waals surface area contributed by atoms with E-state index in [0.717, 1.165) is 23.3 Å². The number of sulfone groups is 1. The van der Waals surface area contributed by atoms with Gasteiger partial charge in [0.15, 0.2) is 0 Å². The maximum atomic E-state index is 12.2. The monoisotopic (exact) mass is 320 g/mol. The standard InChI is InChI=1S/C16H20N2O3S/c1-12-11-15(16(19)17-9-10-22(3,20)21)13(2)18(12)14-7-5-4-6-8-14/h4-8,11H,9-10H2,1-3H3,(H,17,19). The molecule has 0 unspecified atom stereocenters. The van der Waals surface area contributed by atoms with Gasteiger partial charge in [0, 0.05) is 29.9 Å². The van der Waals surface area contributed by atoms with Gasteiger partial charge in [-0.2, -0.15) is 0 Å². The van der Waals surface area contributed by atoms with Crippen LogP contribution in [0.3, 0.4) is 0 Å². The molecule has 2 aromatic rings. The lowest BCUT2D eigenvalue weighted by Gasteiger charge is -2.10. The molecule has 0 aliphatic rings. The molecule has 5 nitrogen and oxygen atoms in total. The van der Waals surface area contributed by atoms with E-state index in [2.05, 4.69) is 5.32 Å². The molecule has 0 atom stereocenters. The Hall–Kier alpha value is -2.08. The molecule has 0 saturated carbocycles. The van der Waals surface area contributed by atoms with Crippen LogP contribution < -0.4 is 5.32 Å². The number of carbonyl (C=O) groups is 1. The van der Waals surface area contributed by atoms with Gasteiger partial charge in [-0.1, -0.05) is 18.2 Å². The molecule has 118 valence electrons. The van der Waals surface area contributed by atoms with Crippen LogP contribution in [0.4, 0.5) is 0 Å². The summed E-state index contributed by atoms with van der Waals surface area (Å²) in [6.45, 7) is 3.94. The lowest BCUT2D eigenvalue weighted by Crippen LogP contribution is -2.29. The summed E-state index contributed by atoms with van der Waals surface area (Å²) >= 11 is 0. The Labute approximate surface area is 130 Å². The van der Waals surface area contributed by atoms with E-state index in [1.54, 1.807) is 0 Å². The van der Waals surface area contributed by atoms with Crippen molar-refractivity contribution in [2.45, 2.75) is 13.8 Å². The largest absolute Gasteiger partial charge is 0.351 e. The molecule has 0 aliphatic heterocycles. The van der Waals surface area contributed by atoms with Crippen LogP contribution in [-0.2, 0) is 9.84 Å². The first kappa shape index (κ1) is 16.3. The van der Waals surface area contributed by atoms with Crippen molar-refractivity contribution in [2.75, 3.05) is 18.6 Å². The van der Waals surface area contributed by atoms with Gasteiger partial charge in [-0.05, 0) is 32.0 Å². The van der Waals surface area contributed by atoms with Crippen LogP contribution >= 0.6 is 0 Å². The molecule has 1 aromatic carbocycles. The Morgan fingerprint density at radius 3 is 2.41 bits per heavy atom. The summed E-state index contributed by atoms with van der Waals surface area (Å²) < 4.78 is 24.2. The summed E-state index contributed by atoms with van der Waals surface area (Å²) in [5.41, 5.74) is 3.35. The van der Waals surface area contributed by atoms with Gasteiger partial charge >= 0.3 is 0 Å². The average molecular weight is 320 g/mol. The van der Waals surface area contributed by atoms with Gasteiger partial charge in [0.1, 0.15) is 9.84 Å². The quantitative estimate of drug-likeness (QED) is 0.914. The first-order valence-corrected chi connectivity index (χ1v) is 9.06. The Morgan fingerprint density at radius 2 is 1.82 bits per heavy atom. The van der Waals surface area contributed by atoms with E-state index in [4.69, 9.17) is 0 Å². The third-order valence-electron chi connectivity index (χ3n) is 3.45. The number of carbonyl (C=O) groups excluding carboxylic acids is 1. The van der Waals surface area contributed by atoms with E-state index in [-0.39, 0.29) is 18.2 Å². The first-order valence-electron chi connectivity index (χ1n) is 7.00. The van der Waals surface area contributed by atoms with Gasteiger partial charge in [0.2, 0.25) is 0 Å². The van der Waals surface area contributed by atoms with Crippen molar-refractivity contribution >= 4 is 15.7 Å². The second kappa shape index (κ2) is 6.36. The van der Waals surface area contributed by atoms with Crippen LogP contribution in [-0.4, -0.2) is 37.4 Å². The van der Waals surface area contributed by atoms with Crippen molar-refractivity contribution < 1.29 is 13.2 Å². The summed E-state index contributed by atoms with van der Waals surface area (Å²) in [5, 5.41) is 2.66. The number of hydrogen-bond donors (Lipinski definition) is 1. The molecule has 0 aliphatic carbocycles. The Bertz CT molecular complexity index is 777. The average Bonchev–Trinajstić information content (AvgIpc) is 2.73. The SMILES string of the molecule is Cc1cc(C(=O)NCCS(C)(=O)=O)c(C)n1-c1ccccc1. The van der Waals surface area contributed by atoms with Crippen LogP contribution in [0.25, 0.3) is 5.69 Å². The summed E-state index contributed by atoms with van der Waals surface area (Å²) in [7, 11) is -3.08. The number of aryl methyl sites for hydroxylation is 1. The van der Waals surface area contributed by atoms with E-state index in [0.29, 0.717) is 5.56 Å². The maximum absolute atomic E-state index is 12.2. The van der Waals surface area contributed by atoms with Crippen molar-refractivity contribution in [3.8, 4) is 5.69 Å². The number of benzene rings is 1. The van der Waals surface area contributed by atoms with E-state index >= 15 is 0 Å². The zero-order chi connectivity index (χ0) is 16.3. The molecular formula is C16H20N2O3S. The highest BCUT2D eigenvalue weighted by Crippen LogP contribution is 2.20.